The van der Waals surface area contributed by atoms with Crippen LogP contribution in [-0.4, -0.2) is 39.3 Å². The molecule has 0 spiro atoms. The van der Waals surface area contributed by atoms with Gasteiger partial charge >= 0.3 is 11.9 Å². The van der Waals surface area contributed by atoms with Crippen LogP contribution in [0.3, 0.4) is 0 Å². The van der Waals surface area contributed by atoms with Gasteiger partial charge in [-0.1, -0.05) is 5.16 Å². The SMILES string of the molecule is Cc1oncc1C(=O)N[C@H](CCCC(=O)O)C(=O)O. The molecule has 1 aromatic rings. The molecule has 1 aromatic heterocycles. The van der Waals surface area contributed by atoms with Crippen LogP contribution < -0.4 is 5.32 Å². The summed E-state index contributed by atoms with van der Waals surface area (Å²) in [6.07, 6.45) is 1.25. The summed E-state index contributed by atoms with van der Waals surface area (Å²) in [5.41, 5.74) is 0.157. The molecule has 3 N–H and O–H groups in total. The van der Waals surface area contributed by atoms with Crippen molar-refractivity contribution in [1.29, 1.82) is 0 Å². The van der Waals surface area contributed by atoms with Crippen LogP contribution in [0.25, 0.3) is 0 Å². The Labute approximate surface area is 108 Å². The van der Waals surface area contributed by atoms with Crippen LogP contribution in [0.1, 0.15) is 35.4 Å². The van der Waals surface area contributed by atoms with Crippen molar-refractivity contribution in [3.8, 4) is 0 Å². The summed E-state index contributed by atoms with van der Waals surface area (Å²) in [5, 5.41) is 23.2. The molecule has 1 atom stereocenters. The summed E-state index contributed by atoms with van der Waals surface area (Å²) in [5.74, 6) is -2.55. The molecule has 0 aliphatic rings. The van der Waals surface area contributed by atoms with Gasteiger partial charge in [0, 0.05) is 6.42 Å². The van der Waals surface area contributed by atoms with Crippen LogP contribution in [0.2, 0.25) is 0 Å². The molecule has 8 nitrogen and oxygen atoms in total. The maximum absolute atomic E-state index is 11.7. The first-order chi connectivity index (χ1) is 8.91. The van der Waals surface area contributed by atoms with E-state index in [-0.39, 0.29) is 30.6 Å². The van der Waals surface area contributed by atoms with E-state index in [2.05, 4.69) is 10.5 Å². The number of hydrogen-bond donors (Lipinski definition) is 3. The zero-order valence-corrected chi connectivity index (χ0v) is 10.3. The normalized spacial score (nSPS) is 11.8. The Bertz CT molecular complexity index is 481. The number of carbonyl (C=O) groups is 3. The highest BCUT2D eigenvalue weighted by Gasteiger charge is 2.22. The van der Waals surface area contributed by atoms with Crippen molar-refractivity contribution < 1.29 is 29.1 Å². The summed E-state index contributed by atoms with van der Waals surface area (Å²) in [6, 6.07) is -1.14. The van der Waals surface area contributed by atoms with Gasteiger partial charge in [0.1, 0.15) is 17.4 Å². The Morgan fingerprint density at radius 2 is 2.11 bits per heavy atom. The Hall–Kier alpha value is -2.38. The van der Waals surface area contributed by atoms with Crippen LogP contribution in [0.4, 0.5) is 0 Å². The van der Waals surface area contributed by atoms with Crippen molar-refractivity contribution in [3.05, 3.63) is 17.5 Å². The topological polar surface area (TPSA) is 130 Å². The number of aromatic nitrogens is 1. The lowest BCUT2D eigenvalue weighted by Gasteiger charge is -2.13. The molecular formula is C11H14N2O6. The van der Waals surface area contributed by atoms with E-state index in [4.69, 9.17) is 14.7 Å². The van der Waals surface area contributed by atoms with Crippen LogP contribution in [0, 0.1) is 6.92 Å². The average Bonchev–Trinajstić information content (AvgIpc) is 2.73. The fourth-order valence-corrected chi connectivity index (χ4v) is 1.47. The minimum Gasteiger partial charge on any atom is -0.481 e. The lowest BCUT2D eigenvalue weighted by molar-refractivity contribution is -0.140. The fraction of sp³-hybridized carbons (Fsp3) is 0.455. The zero-order valence-electron chi connectivity index (χ0n) is 10.3. The third-order valence-corrected chi connectivity index (χ3v) is 2.48. The molecular weight excluding hydrogens is 256 g/mol. The molecule has 8 heteroatoms. The number of carboxylic acids is 2. The van der Waals surface area contributed by atoms with E-state index in [0.717, 1.165) is 0 Å². The van der Waals surface area contributed by atoms with Gasteiger partial charge in [0.05, 0.1) is 6.20 Å². The van der Waals surface area contributed by atoms with Crippen molar-refractivity contribution in [2.75, 3.05) is 0 Å². The summed E-state index contributed by atoms with van der Waals surface area (Å²) in [4.78, 5) is 33.1. The summed E-state index contributed by atoms with van der Waals surface area (Å²) < 4.78 is 4.70. The van der Waals surface area contributed by atoms with E-state index in [1.165, 1.54) is 13.1 Å². The Balaban J connectivity index is 2.59. The monoisotopic (exact) mass is 270 g/mol. The van der Waals surface area contributed by atoms with E-state index >= 15 is 0 Å². The van der Waals surface area contributed by atoms with Gasteiger partial charge in [-0.05, 0) is 19.8 Å². The van der Waals surface area contributed by atoms with Gasteiger partial charge in [-0.3, -0.25) is 9.59 Å². The molecule has 1 rings (SSSR count). The number of nitrogens with zero attached hydrogens (tertiary/aromatic N) is 1. The van der Waals surface area contributed by atoms with E-state index in [9.17, 15) is 14.4 Å². The molecule has 1 heterocycles. The van der Waals surface area contributed by atoms with Crippen LogP contribution in [0.5, 0.6) is 0 Å². The highest BCUT2D eigenvalue weighted by Crippen LogP contribution is 2.08. The Morgan fingerprint density at radius 1 is 1.42 bits per heavy atom. The second kappa shape index (κ2) is 6.53. The maximum atomic E-state index is 11.7. The number of amides is 1. The maximum Gasteiger partial charge on any atom is 0.326 e. The number of aliphatic carboxylic acids is 2. The minimum atomic E-state index is -1.21. The number of carbonyl (C=O) groups excluding carboxylic acids is 1. The first kappa shape index (κ1) is 14.7. The molecule has 0 bridgehead atoms. The second-order valence-electron chi connectivity index (χ2n) is 3.95. The molecule has 104 valence electrons. The highest BCUT2D eigenvalue weighted by atomic mass is 16.5. The van der Waals surface area contributed by atoms with Crippen LogP contribution in [0.15, 0.2) is 10.7 Å². The van der Waals surface area contributed by atoms with E-state index in [1.807, 2.05) is 0 Å². The van der Waals surface area contributed by atoms with Gasteiger partial charge in [-0.2, -0.15) is 0 Å². The molecule has 19 heavy (non-hydrogen) atoms. The number of nitrogens with one attached hydrogen (secondary N) is 1. The van der Waals surface area contributed by atoms with Gasteiger partial charge in [-0.25, -0.2) is 4.79 Å². The van der Waals surface area contributed by atoms with Gasteiger partial charge in [0.2, 0.25) is 0 Å². The van der Waals surface area contributed by atoms with Gasteiger partial charge < -0.3 is 20.1 Å². The van der Waals surface area contributed by atoms with Crippen molar-refractivity contribution in [2.24, 2.45) is 0 Å². The molecule has 0 unspecified atom stereocenters. The molecule has 0 fully saturated rings. The predicted molar refractivity (Wildman–Crippen MR) is 61.6 cm³/mol. The smallest absolute Gasteiger partial charge is 0.326 e. The quantitative estimate of drug-likeness (QED) is 0.654. The molecule has 0 saturated heterocycles. The van der Waals surface area contributed by atoms with Crippen LogP contribution >= 0.6 is 0 Å². The lowest BCUT2D eigenvalue weighted by Crippen LogP contribution is -2.40. The van der Waals surface area contributed by atoms with Crippen molar-refractivity contribution in [1.82, 2.24) is 10.5 Å². The first-order valence-electron chi connectivity index (χ1n) is 5.58. The number of rotatable bonds is 7. The largest absolute Gasteiger partial charge is 0.481 e. The molecule has 0 radical (unpaired) electrons. The molecule has 0 aliphatic heterocycles. The Morgan fingerprint density at radius 3 is 2.58 bits per heavy atom. The molecule has 0 aromatic carbocycles. The number of carboxylic acid groups (broad SMARTS) is 2. The predicted octanol–water partition coefficient (Wildman–Crippen LogP) is 0.421. The average molecular weight is 270 g/mol. The second-order valence-corrected chi connectivity index (χ2v) is 3.95. The number of aryl methyl sites for hydroxylation is 1. The van der Waals surface area contributed by atoms with E-state index < -0.39 is 23.9 Å². The molecule has 1 amide bonds. The van der Waals surface area contributed by atoms with E-state index in [0.29, 0.717) is 0 Å². The van der Waals surface area contributed by atoms with Crippen LogP contribution in [-0.2, 0) is 9.59 Å². The molecule has 0 saturated carbocycles. The van der Waals surface area contributed by atoms with Crippen molar-refractivity contribution in [2.45, 2.75) is 32.2 Å². The van der Waals surface area contributed by atoms with Crippen molar-refractivity contribution in [3.63, 3.8) is 0 Å². The van der Waals surface area contributed by atoms with Crippen molar-refractivity contribution >= 4 is 17.8 Å². The van der Waals surface area contributed by atoms with Gasteiger partial charge in [-0.15, -0.1) is 0 Å². The first-order valence-corrected chi connectivity index (χ1v) is 5.58. The summed E-state index contributed by atoms with van der Waals surface area (Å²) in [7, 11) is 0. The van der Waals surface area contributed by atoms with Gasteiger partial charge in [0.15, 0.2) is 0 Å². The fourth-order valence-electron chi connectivity index (χ4n) is 1.47. The Kier molecular flexibility index (Phi) is 5.04. The lowest BCUT2D eigenvalue weighted by atomic mass is 10.1. The summed E-state index contributed by atoms with van der Waals surface area (Å²) in [6.45, 7) is 1.53. The van der Waals surface area contributed by atoms with Gasteiger partial charge in [0.25, 0.3) is 5.91 Å². The minimum absolute atomic E-state index is 0.0394. The third-order valence-electron chi connectivity index (χ3n) is 2.48. The zero-order chi connectivity index (χ0) is 14.4. The third kappa shape index (κ3) is 4.41. The van der Waals surface area contributed by atoms with E-state index in [1.54, 1.807) is 0 Å². The highest BCUT2D eigenvalue weighted by molar-refractivity contribution is 5.97. The summed E-state index contributed by atoms with van der Waals surface area (Å²) >= 11 is 0. The number of hydrogen-bond acceptors (Lipinski definition) is 5. The standard InChI is InChI=1S/C11H14N2O6/c1-6-7(5-12-19-6)10(16)13-8(11(17)18)3-2-4-9(14)15/h5,8H,2-4H2,1H3,(H,13,16)(H,14,15)(H,17,18)/t8-/m1/s1. The molecule has 0 aliphatic carbocycles.